The highest BCUT2D eigenvalue weighted by Crippen LogP contribution is 2.24. The van der Waals surface area contributed by atoms with Gasteiger partial charge in [0.25, 0.3) is 0 Å². The fraction of sp³-hybridized carbons (Fsp3) is 0.273. The maximum absolute atomic E-state index is 10.3. The first-order valence-corrected chi connectivity index (χ1v) is 4.41. The summed E-state index contributed by atoms with van der Waals surface area (Å²) in [6.07, 6.45) is 8.16. The Balaban J connectivity index is 3.25. The van der Waals surface area contributed by atoms with Crippen LogP contribution in [0.5, 0.6) is 0 Å². The highest BCUT2D eigenvalue weighted by molar-refractivity contribution is 5.50. The lowest BCUT2D eigenvalue weighted by Gasteiger charge is -2.16. The molecule has 1 rings (SSSR count). The van der Waals surface area contributed by atoms with Crippen LogP contribution in [0.4, 0.5) is 0 Å². The molecule has 1 unspecified atom stereocenters. The van der Waals surface area contributed by atoms with Gasteiger partial charge in [0, 0.05) is 0 Å². The first-order chi connectivity index (χ1) is 7.20. The molecular weight excluding hydrogens is 192 g/mol. The third kappa shape index (κ3) is 2.47. The van der Waals surface area contributed by atoms with E-state index in [1.165, 1.54) is 12.2 Å². The molecule has 0 bridgehead atoms. The van der Waals surface area contributed by atoms with Gasteiger partial charge in [0.1, 0.15) is 6.04 Å². The lowest BCUT2D eigenvalue weighted by molar-refractivity contribution is 0.559. The number of hydrogen-bond donors (Lipinski definition) is 0. The van der Waals surface area contributed by atoms with Gasteiger partial charge in [-0.25, -0.2) is 9.59 Å². The summed E-state index contributed by atoms with van der Waals surface area (Å²) in [5.74, 6) is 0. The van der Waals surface area contributed by atoms with Crippen molar-refractivity contribution in [2.75, 3.05) is 0 Å². The Labute approximate surface area is 87.4 Å². The molecule has 76 valence electrons. The minimum absolute atomic E-state index is 0.409. The predicted molar refractivity (Wildman–Crippen MR) is 55.6 cm³/mol. The van der Waals surface area contributed by atoms with E-state index in [2.05, 4.69) is 9.98 Å². The largest absolute Gasteiger partial charge is 0.240 e. The van der Waals surface area contributed by atoms with Crippen LogP contribution >= 0.6 is 0 Å². The van der Waals surface area contributed by atoms with Gasteiger partial charge in [0.2, 0.25) is 12.2 Å². The van der Waals surface area contributed by atoms with Crippen molar-refractivity contribution in [1.29, 1.82) is 0 Å². The van der Waals surface area contributed by atoms with Crippen molar-refractivity contribution in [2.24, 2.45) is 9.98 Å². The Bertz CT molecular complexity index is 441. The van der Waals surface area contributed by atoms with E-state index in [1.54, 1.807) is 12.2 Å². The van der Waals surface area contributed by atoms with Crippen LogP contribution in [0.25, 0.3) is 0 Å². The summed E-state index contributed by atoms with van der Waals surface area (Å²) in [7, 11) is 0. The molecule has 0 amide bonds. The number of isocyanates is 2. The lowest BCUT2D eigenvalue weighted by Crippen LogP contribution is -2.13. The Morgan fingerprint density at radius 1 is 1.33 bits per heavy atom. The van der Waals surface area contributed by atoms with Gasteiger partial charge in [-0.15, -0.1) is 0 Å². The second-order valence-electron chi connectivity index (χ2n) is 3.23. The quantitative estimate of drug-likeness (QED) is 0.506. The number of nitrogens with zero attached hydrogens (tertiary/aromatic N) is 2. The number of carbonyl (C=O) groups excluding carboxylic acids is 2. The highest BCUT2D eigenvalue weighted by Gasteiger charge is 2.19. The van der Waals surface area contributed by atoms with Gasteiger partial charge in [-0.3, -0.25) is 0 Å². The molecule has 0 N–H and O–H groups in total. The van der Waals surface area contributed by atoms with Gasteiger partial charge in [-0.05, 0) is 25.5 Å². The fourth-order valence-corrected chi connectivity index (χ4v) is 1.37. The van der Waals surface area contributed by atoms with E-state index >= 15 is 0 Å². The van der Waals surface area contributed by atoms with Crippen molar-refractivity contribution in [3.05, 3.63) is 35.1 Å². The highest BCUT2D eigenvalue weighted by atomic mass is 16.1. The van der Waals surface area contributed by atoms with Gasteiger partial charge >= 0.3 is 0 Å². The molecule has 0 aromatic carbocycles. The van der Waals surface area contributed by atoms with Crippen LogP contribution in [0.3, 0.4) is 0 Å². The average molecular weight is 202 g/mol. The van der Waals surface area contributed by atoms with Crippen molar-refractivity contribution in [3.8, 4) is 0 Å². The molecule has 1 atom stereocenters. The molecule has 0 heterocycles. The molecule has 0 spiro atoms. The second-order valence-corrected chi connectivity index (χ2v) is 3.23. The number of rotatable bonds is 2. The molecule has 0 aromatic rings. The zero-order chi connectivity index (χ0) is 11.3. The van der Waals surface area contributed by atoms with Crippen molar-refractivity contribution in [1.82, 2.24) is 0 Å². The molecule has 4 heteroatoms. The van der Waals surface area contributed by atoms with Crippen LogP contribution in [0, 0.1) is 0 Å². The van der Waals surface area contributed by atoms with Gasteiger partial charge in [0.05, 0.1) is 5.70 Å². The first-order valence-electron chi connectivity index (χ1n) is 4.41. The van der Waals surface area contributed by atoms with Crippen LogP contribution in [0.2, 0.25) is 0 Å². The number of allylic oxidation sites excluding steroid dienone is 3. The maximum Gasteiger partial charge on any atom is 0.240 e. The van der Waals surface area contributed by atoms with Gasteiger partial charge in [-0.1, -0.05) is 17.7 Å². The average Bonchev–Trinajstić information content (AvgIpc) is 2.21. The third-order valence-electron chi connectivity index (χ3n) is 2.05. The maximum atomic E-state index is 10.3. The van der Waals surface area contributed by atoms with E-state index in [0.717, 1.165) is 11.1 Å². The van der Waals surface area contributed by atoms with E-state index in [4.69, 9.17) is 0 Å². The molecule has 4 nitrogen and oxygen atoms in total. The monoisotopic (exact) mass is 202 g/mol. The molecule has 0 fully saturated rings. The van der Waals surface area contributed by atoms with Crippen molar-refractivity contribution >= 4 is 12.2 Å². The molecule has 0 saturated carbocycles. The molecule has 15 heavy (non-hydrogen) atoms. The SMILES string of the molecule is CC(C)=C1C=CC=C(N=C=O)C1N=C=O. The summed E-state index contributed by atoms with van der Waals surface area (Å²) < 4.78 is 0. The predicted octanol–water partition coefficient (Wildman–Crippen LogP) is 1.82. The van der Waals surface area contributed by atoms with E-state index < -0.39 is 6.04 Å². The smallest absolute Gasteiger partial charge is 0.211 e. The summed E-state index contributed by atoms with van der Waals surface area (Å²) in [6.45, 7) is 3.81. The zero-order valence-electron chi connectivity index (χ0n) is 8.52. The number of hydrogen-bond acceptors (Lipinski definition) is 4. The van der Waals surface area contributed by atoms with E-state index in [1.807, 2.05) is 19.9 Å². The Hall–Kier alpha value is -2.02. The molecule has 0 radical (unpaired) electrons. The first kappa shape index (κ1) is 11.1. The fourth-order valence-electron chi connectivity index (χ4n) is 1.37. The van der Waals surface area contributed by atoms with Gasteiger partial charge in [0.15, 0.2) is 0 Å². The van der Waals surface area contributed by atoms with Gasteiger partial charge in [-0.2, -0.15) is 9.98 Å². The summed E-state index contributed by atoms with van der Waals surface area (Å²) in [5.41, 5.74) is 2.28. The van der Waals surface area contributed by atoms with Crippen molar-refractivity contribution in [2.45, 2.75) is 19.9 Å². The van der Waals surface area contributed by atoms with E-state index in [-0.39, 0.29) is 0 Å². The number of aliphatic imine (C=N–C) groups is 2. The zero-order valence-corrected chi connectivity index (χ0v) is 8.52. The molecule has 1 aliphatic rings. The Morgan fingerprint density at radius 2 is 2.07 bits per heavy atom. The summed E-state index contributed by atoms with van der Waals surface area (Å²) in [4.78, 5) is 27.6. The third-order valence-corrected chi connectivity index (χ3v) is 2.05. The Kier molecular flexibility index (Phi) is 3.69. The van der Waals surface area contributed by atoms with Crippen LogP contribution in [0.15, 0.2) is 45.1 Å². The Morgan fingerprint density at radius 3 is 2.60 bits per heavy atom. The summed E-state index contributed by atoms with van der Waals surface area (Å²) in [6, 6.07) is -0.529. The minimum atomic E-state index is -0.529. The normalized spacial score (nSPS) is 18.7. The van der Waals surface area contributed by atoms with Crippen LogP contribution in [-0.2, 0) is 9.59 Å². The minimum Gasteiger partial charge on any atom is -0.211 e. The van der Waals surface area contributed by atoms with E-state index in [9.17, 15) is 9.59 Å². The molecule has 0 aliphatic heterocycles. The van der Waals surface area contributed by atoms with Gasteiger partial charge < -0.3 is 0 Å². The van der Waals surface area contributed by atoms with E-state index in [0.29, 0.717) is 5.70 Å². The molecular formula is C11H10N2O2. The van der Waals surface area contributed by atoms with Crippen molar-refractivity contribution in [3.63, 3.8) is 0 Å². The topological polar surface area (TPSA) is 58.9 Å². The van der Waals surface area contributed by atoms with Crippen LogP contribution in [0.1, 0.15) is 13.8 Å². The van der Waals surface area contributed by atoms with Crippen LogP contribution in [-0.4, -0.2) is 18.2 Å². The standard InChI is InChI=1S/C11H10N2O2/c1-8(2)9-4-3-5-10(12-6-14)11(9)13-7-15/h3-5,11H,1-2H3. The molecule has 1 aliphatic carbocycles. The summed E-state index contributed by atoms with van der Waals surface area (Å²) in [5, 5.41) is 0. The van der Waals surface area contributed by atoms with Crippen molar-refractivity contribution < 1.29 is 9.59 Å². The molecule has 0 aromatic heterocycles. The second kappa shape index (κ2) is 5.01. The molecule has 0 saturated heterocycles. The van der Waals surface area contributed by atoms with Crippen LogP contribution < -0.4 is 0 Å². The summed E-state index contributed by atoms with van der Waals surface area (Å²) >= 11 is 0. The lowest BCUT2D eigenvalue weighted by atomic mass is 9.96.